The summed E-state index contributed by atoms with van der Waals surface area (Å²) in [6.45, 7) is 13.6. The summed E-state index contributed by atoms with van der Waals surface area (Å²) in [5, 5.41) is 21.4. The molecule has 0 aromatic carbocycles. The molecule has 4 nitrogen and oxygen atoms in total. The van der Waals surface area contributed by atoms with Crippen LogP contribution in [0, 0.1) is 50.2 Å². The van der Waals surface area contributed by atoms with Crippen LogP contribution in [0.4, 0.5) is 0 Å². The highest BCUT2D eigenvalue weighted by Crippen LogP contribution is 2.75. The van der Waals surface area contributed by atoms with Crippen LogP contribution < -0.4 is 0 Å². The molecule has 0 amide bonds. The van der Waals surface area contributed by atoms with Gasteiger partial charge in [-0.15, -0.1) is 0 Å². The van der Waals surface area contributed by atoms with Crippen molar-refractivity contribution in [3.63, 3.8) is 0 Å². The summed E-state index contributed by atoms with van der Waals surface area (Å²) in [5.41, 5.74) is -0.258. The molecular formula is C30H46O4. The van der Waals surface area contributed by atoms with E-state index in [0.29, 0.717) is 12.3 Å². The fourth-order valence-electron chi connectivity index (χ4n) is 10.5. The number of ketones is 1. The Morgan fingerprint density at radius 3 is 2.29 bits per heavy atom. The average molecular weight is 471 g/mol. The van der Waals surface area contributed by atoms with E-state index in [0.717, 1.165) is 44.9 Å². The maximum Gasteiger partial charge on any atom is 0.314 e. The zero-order chi connectivity index (χ0) is 24.9. The Balaban J connectivity index is 1.65. The van der Waals surface area contributed by atoms with Gasteiger partial charge in [0.05, 0.1) is 17.4 Å². The summed E-state index contributed by atoms with van der Waals surface area (Å²) in [4.78, 5) is 26.4. The van der Waals surface area contributed by atoms with Crippen LogP contribution >= 0.6 is 0 Å². The lowest BCUT2D eigenvalue weighted by molar-refractivity contribution is -0.204. The highest BCUT2D eigenvalue weighted by atomic mass is 16.4. The van der Waals surface area contributed by atoms with Gasteiger partial charge in [0, 0.05) is 6.42 Å². The first-order chi connectivity index (χ1) is 15.7. The monoisotopic (exact) mass is 470 g/mol. The molecule has 5 aliphatic rings. The molecule has 2 N–H and O–H groups in total. The highest BCUT2D eigenvalue weighted by Gasteiger charge is 2.72. The van der Waals surface area contributed by atoms with E-state index in [1.54, 1.807) is 0 Å². The SMILES string of the molecule is CC1(C)CC[C@]2(C)CC[C@]3(C(=O)O)C(=CC[C@@H]4[C@@]5(C)CCC(=O)[C@@](C)(CO)[C@@H]5CC[C@]43C)[C@@H]2C1. The van der Waals surface area contributed by atoms with Gasteiger partial charge in [0.25, 0.3) is 0 Å². The molecule has 8 atom stereocenters. The number of carboxylic acids is 1. The van der Waals surface area contributed by atoms with Crippen molar-refractivity contribution in [1.82, 2.24) is 0 Å². The van der Waals surface area contributed by atoms with Gasteiger partial charge in [-0.05, 0) is 97.2 Å². The molecule has 0 bridgehead atoms. The first-order valence-corrected chi connectivity index (χ1v) is 13.8. The van der Waals surface area contributed by atoms with Crippen molar-refractivity contribution in [3.05, 3.63) is 11.6 Å². The second-order valence-electron chi connectivity index (χ2n) is 14.7. The van der Waals surface area contributed by atoms with Gasteiger partial charge in [0.1, 0.15) is 5.78 Å². The molecule has 0 radical (unpaired) electrons. The van der Waals surface area contributed by atoms with Crippen molar-refractivity contribution >= 4 is 11.8 Å². The molecule has 0 unspecified atom stereocenters. The summed E-state index contributed by atoms with van der Waals surface area (Å²) in [6.07, 6.45) is 11.5. The van der Waals surface area contributed by atoms with Crippen molar-refractivity contribution in [3.8, 4) is 0 Å². The number of allylic oxidation sites excluding steroid dienone is 1. The van der Waals surface area contributed by atoms with E-state index in [9.17, 15) is 19.8 Å². The molecule has 190 valence electrons. The Hall–Kier alpha value is -1.16. The number of aliphatic carboxylic acids is 1. The van der Waals surface area contributed by atoms with Gasteiger partial charge >= 0.3 is 5.97 Å². The number of hydrogen-bond donors (Lipinski definition) is 2. The molecular weight excluding hydrogens is 424 g/mol. The van der Waals surface area contributed by atoms with Gasteiger partial charge in [-0.1, -0.05) is 53.2 Å². The molecule has 0 aromatic rings. The van der Waals surface area contributed by atoms with Crippen LogP contribution in [0.25, 0.3) is 0 Å². The number of carboxylic acid groups (broad SMARTS) is 1. The van der Waals surface area contributed by atoms with E-state index in [2.05, 4.69) is 40.7 Å². The molecule has 4 heteroatoms. The number of aliphatic hydroxyl groups excluding tert-OH is 1. The molecule has 0 heterocycles. The molecule has 4 fully saturated rings. The maximum absolute atomic E-state index is 13.5. The van der Waals surface area contributed by atoms with Crippen LogP contribution in [0.5, 0.6) is 0 Å². The summed E-state index contributed by atoms with van der Waals surface area (Å²) in [6, 6.07) is 0. The third kappa shape index (κ3) is 2.81. The topological polar surface area (TPSA) is 74.6 Å². The zero-order valence-corrected chi connectivity index (χ0v) is 22.3. The smallest absolute Gasteiger partial charge is 0.314 e. The van der Waals surface area contributed by atoms with E-state index < -0.39 is 16.8 Å². The predicted octanol–water partition coefficient (Wildman–Crippen LogP) is 6.41. The lowest BCUT2D eigenvalue weighted by Crippen LogP contribution is -2.67. The number of rotatable bonds is 2. The van der Waals surface area contributed by atoms with E-state index in [-0.39, 0.29) is 45.9 Å². The highest BCUT2D eigenvalue weighted by molar-refractivity contribution is 5.86. The summed E-state index contributed by atoms with van der Waals surface area (Å²) in [5.74, 6) is 0.264. The fraction of sp³-hybridized carbons (Fsp3) is 0.867. The van der Waals surface area contributed by atoms with Crippen molar-refractivity contribution in [2.45, 2.75) is 106 Å². The quantitative estimate of drug-likeness (QED) is 0.457. The number of Topliss-reactive ketones (excluding diaryl/α,β-unsaturated/α-hetero) is 1. The van der Waals surface area contributed by atoms with Crippen molar-refractivity contribution in [2.75, 3.05) is 6.61 Å². The van der Waals surface area contributed by atoms with Crippen LogP contribution in [-0.4, -0.2) is 28.6 Å². The van der Waals surface area contributed by atoms with Crippen LogP contribution in [0.2, 0.25) is 0 Å². The number of carbonyl (C=O) groups is 2. The molecule has 0 aliphatic heterocycles. The van der Waals surface area contributed by atoms with Crippen molar-refractivity contribution in [2.24, 2.45) is 50.2 Å². The predicted molar refractivity (Wildman–Crippen MR) is 133 cm³/mol. The molecule has 5 aliphatic carbocycles. The van der Waals surface area contributed by atoms with Gasteiger partial charge < -0.3 is 10.2 Å². The largest absolute Gasteiger partial charge is 0.481 e. The lowest BCUT2D eigenvalue weighted by atomic mass is 9.33. The van der Waals surface area contributed by atoms with E-state index in [1.807, 2.05) is 6.92 Å². The minimum atomic E-state index is -0.807. The number of carbonyl (C=O) groups excluding carboxylic acids is 1. The zero-order valence-electron chi connectivity index (χ0n) is 22.3. The normalized spacial score (nSPS) is 51.9. The second-order valence-corrected chi connectivity index (χ2v) is 14.7. The fourth-order valence-corrected chi connectivity index (χ4v) is 10.5. The Morgan fingerprint density at radius 2 is 1.65 bits per heavy atom. The minimum absolute atomic E-state index is 0.101. The van der Waals surface area contributed by atoms with Crippen LogP contribution in [0.1, 0.15) is 106 Å². The summed E-state index contributed by atoms with van der Waals surface area (Å²) < 4.78 is 0. The van der Waals surface area contributed by atoms with Crippen molar-refractivity contribution in [1.29, 1.82) is 0 Å². The lowest BCUT2D eigenvalue weighted by Gasteiger charge is -2.70. The molecule has 0 aromatic heterocycles. The Bertz CT molecular complexity index is 949. The van der Waals surface area contributed by atoms with E-state index in [1.165, 1.54) is 18.4 Å². The first kappa shape index (κ1) is 24.5. The summed E-state index contributed by atoms with van der Waals surface area (Å²) in [7, 11) is 0. The van der Waals surface area contributed by atoms with Gasteiger partial charge in [0.15, 0.2) is 0 Å². The van der Waals surface area contributed by atoms with Gasteiger partial charge in [-0.2, -0.15) is 0 Å². The third-order valence-electron chi connectivity index (χ3n) is 12.8. The minimum Gasteiger partial charge on any atom is -0.481 e. The standard InChI is InChI=1S/C30H46O4/c1-25(2)13-14-26(3)15-16-30(24(33)34)19(20(26)17-25)7-8-22-27(4)11-10-23(32)28(5,18-31)21(27)9-12-29(22,30)6/h7,20-22,31H,8-18H2,1-6H3,(H,33,34)/t20-,21+,22+,26+,27-,28-,29+,30+/m0/s1. The summed E-state index contributed by atoms with van der Waals surface area (Å²) >= 11 is 0. The van der Waals surface area contributed by atoms with Gasteiger partial charge in [-0.25, -0.2) is 0 Å². The third-order valence-corrected chi connectivity index (χ3v) is 12.8. The van der Waals surface area contributed by atoms with Gasteiger partial charge in [-0.3, -0.25) is 9.59 Å². The Kier molecular flexibility index (Phi) is 5.20. The molecule has 0 saturated heterocycles. The van der Waals surface area contributed by atoms with Gasteiger partial charge in [0.2, 0.25) is 0 Å². The van der Waals surface area contributed by atoms with Crippen LogP contribution in [0.3, 0.4) is 0 Å². The molecule has 0 spiro atoms. The first-order valence-electron chi connectivity index (χ1n) is 13.8. The number of hydrogen-bond acceptors (Lipinski definition) is 3. The Morgan fingerprint density at radius 1 is 0.971 bits per heavy atom. The van der Waals surface area contributed by atoms with E-state index >= 15 is 0 Å². The maximum atomic E-state index is 13.5. The second kappa shape index (κ2) is 7.20. The number of fused-ring (bicyclic) bond motifs is 7. The van der Waals surface area contributed by atoms with Crippen LogP contribution in [0.15, 0.2) is 11.6 Å². The number of aliphatic hydroxyl groups is 1. The average Bonchev–Trinajstić information content (AvgIpc) is 2.76. The van der Waals surface area contributed by atoms with E-state index in [4.69, 9.17) is 0 Å². The molecule has 34 heavy (non-hydrogen) atoms. The van der Waals surface area contributed by atoms with Crippen molar-refractivity contribution < 1.29 is 19.8 Å². The molecule has 4 saturated carbocycles. The Labute approximate surface area is 206 Å². The molecule has 5 rings (SSSR count). The van der Waals surface area contributed by atoms with Crippen LogP contribution in [-0.2, 0) is 9.59 Å².